The van der Waals surface area contributed by atoms with Crippen LogP contribution in [0.15, 0.2) is 182 Å². The molecule has 0 aliphatic heterocycles. The van der Waals surface area contributed by atoms with Gasteiger partial charge in [-0.3, -0.25) is 0 Å². The van der Waals surface area contributed by atoms with E-state index in [1.54, 1.807) is 0 Å². The van der Waals surface area contributed by atoms with Crippen LogP contribution >= 0.6 is 22.7 Å². The van der Waals surface area contributed by atoms with Crippen LogP contribution in [0.3, 0.4) is 0 Å². The summed E-state index contributed by atoms with van der Waals surface area (Å²) in [7, 11) is 0. The number of hydrogen-bond acceptors (Lipinski definition) is 2. The molecule has 0 atom stereocenters. The molecule has 0 radical (unpaired) electrons. The molecular weight excluding hydrogens is 689 g/mol. The topological polar surface area (TPSA) is 0 Å². The molecule has 2 heterocycles. The van der Waals surface area contributed by atoms with Crippen LogP contribution in [0, 0.1) is 0 Å². The first kappa shape index (κ1) is 30.2. The van der Waals surface area contributed by atoms with Crippen molar-refractivity contribution in [3.8, 4) is 33.4 Å². The van der Waals surface area contributed by atoms with Gasteiger partial charge in [-0.2, -0.15) is 0 Å². The highest BCUT2D eigenvalue weighted by Crippen LogP contribution is 2.52. The molecule has 0 fully saturated rings. The van der Waals surface area contributed by atoms with E-state index in [2.05, 4.69) is 182 Å². The molecule has 0 N–H and O–H groups in total. The molecule has 0 nitrogen and oxygen atoms in total. The van der Waals surface area contributed by atoms with Crippen molar-refractivity contribution in [3.63, 3.8) is 0 Å². The average Bonchev–Trinajstić information content (AvgIpc) is 3.80. The predicted octanol–water partition coefficient (Wildman–Crippen LogP) is 16.0. The van der Waals surface area contributed by atoms with Crippen LogP contribution in [0.1, 0.15) is 0 Å². The highest BCUT2D eigenvalue weighted by molar-refractivity contribution is 7.30. The van der Waals surface area contributed by atoms with Crippen LogP contribution in [0.5, 0.6) is 0 Å². The van der Waals surface area contributed by atoms with Gasteiger partial charge in [0.05, 0.1) is 0 Å². The first-order chi connectivity index (χ1) is 26.8. The van der Waals surface area contributed by atoms with Crippen LogP contribution in [0.2, 0.25) is 0 Å². The lowest BCUT2D eigenvalue weighted by Gasteiger charge is -2.20. The van der Waals surface area contributed by atoms with Gasteiger partial charge in [0.25, 0.3) is 0 Å². The first-order valence-electron chi connectivity index (χ1n) is 18.5. The quantitative estimate of drug-likeness (QED) is 0.160. The van der Waals surface area contributed by atoms with Gasteiger partial charge in [-0.15, -0.1) is 22.7 Å². The summed E-state index contributed by atoms with van der Waals surface area (Å²) in [4.78, 5) is 0. The number of fused-ring (bicyclic) bond motifs is 11. The summed E-state index contributed by atoms with van der Waals surface area (Å²) in [5.41, 5.74) is 7.69. The van der Waals surface area contributed by atoms with Crippen molar-refractivity contribution in [2.45, 2.75) is 0 Å². The summed E-state index contributed by atoms with van der Waals surface area (Å²) in [5.74, 6) is 0. The molecule has 0 amide bonds. The van der Waals surface area contributed by atoms with E-state index < -0.39 is 0 Å². The highest BCUT2D eigenvalue weighted by Gasteiger charge is 2.22. The molecule has 2 heteroatoms. The third-order valence-corrected chi connectivity index (χ3v) is 13.8. The summed E-state index contributed by atoms with van der Waals surface area (Å²) < 4.78 is 5.42. The number of benzene rings is 10. The molecule has 2 aromatic heterocycles. The lowest BCUT2D eigenvalue weighted by atomic mass is 9.83. The molecule has 54 heavy (non-hydrogen) atoms. The minimum Gasteiger partial charge on any atom is -0.134 e. The molecule has 0 aliphatic rings. The second kappa shape index (κ2) is 11.6. The Morgan fingerprint density at radius 3 is 1.50 bits per heavy atom. The Bertz CT molecular complexity index is 3430. The number of thiophene rings is 2. The fourth-order valence-electron chi connectivity index (χ4n) is 9.09. The largest absolute Gasteiger partial charge is 0.134 e. The Kier molecular flexibility index (Phi) is 6.48. The summed E-state index contributed by atoms with van der Waals surface area (Å²) >= 11 is 3.87. The van der Waals surface area contributed by atoms with Gasteiger partial charge in [-0.1, -0.05) is 158 Å². The Hall–Kier alpha value is -6.32. The summed E-state index contributed by atoms with van der Waals surface area (Å²) in [6.07, 6.45) is 0. The second-order valence-electron chi connectivity index (χ2n) is 14.3. The molecule has 250 valence electrons. The third kappa shape index (κ3) is 4.30. The fourth-order valence-corrected chi connectivity index (χ4v) is 11.7. The maximum absolute atomic E-state index is 2.49. The van der Waals surface area contributed by atoms with Crippen LogP contribution in [0.4, 0.5) is 0 Å². The zero-order valence-electron chi connectivity index (χ0n) is 29.1. The zero-order valence-corrected chi connectivity index (χ0v) is 30.8. The normalized spacial score (nSPS) is 12.1. The van der Waals surface area contributed by atoms with Crippen LogP contribution in [0.25, 0.3) is 117 Å². The van der Waals surface area contributed by atoms with E-state index in [-0.39, 0.29) is 0 Å². The Morgan fingerprint density at radius 1 is 0.278 bits per heavy atom. The molecule has 0 bridgehead atoms. The monoisotopic (exact) mass is 718 g/mol. The van der Waals surface area contributed by atoms with Crippen molar-refractivity contribution >= 4 is 106 Å². The van der Waals surface area contributed by atoms with Crippen molar-refractivity contribution < 1.29 is 0 Å². The van der Waals surface area contributed by atoms with Crippen molar-refractivity contribution in [1.29, 1.82) is 0 Å². The standard InChI is InChI=1S/C52H30S2/c1-2-14-31(15-3-1)48-38-21-8-10-23-40(38)49(41-24-11-9-22-39(41)48)42-27-26-36(34-18-6-7-19-35(34)42)43-30-44-37-20-12-13-25-46(37)53-52(44)50-45-28-32-16-4-5-17-33(32)29-47(45)54-51(43)50/h1-30H. The van der Waals surface area contributed by atoms with Crippen LogP contribution in [-0.2, 0) is 0 Å². The molecule has 0 aliphatic carbocycles. The van der Waals surface area contributed by atoms with E-state index in [1.165, 1.54) is 117 Å². The van der Waals surface area contributed by atoms with Gasteiger partial charge in [0.15, 0.2) is 0 Å². The molecule has 12 aromatic rings. The number of rotatable bonds is 3. The van der Waals surface area contributed by atoms with Crippen LogP contribution < -0.4 is 0 Å². The second-order valence-corrected chi connectivity index (χ2v) is 16.4. The van der Waals surface area contributed by atoms with Crippen molar-refractivity contribution in [3.05, 3.63) is 182 Å². The highest BCUT2D eigenvalue weighted by atomic mass is 32.1. The summed E-state index contributed by atoms with van der Waals surface area (Å²) in [5, 5.41) is 15.6. The lowest BCUT2D eigenvalue weighted by Crippen LogP contribution is -1.92. The van der Waals surface area contributed by atoms with E-state index in [0.717, 1.165) is 0 Å². The number of hydrogen-bond donors (Lipinski definition) is 0. The van der Waals surface area contributed by atoms with Gasteiger partial charge in [0, 0.05) is 45.9 Å². The SMILES string of the molecule is c1ccc(-c2c3ccccc3c(-c3ccc(-c4cc5c6ccccc6sc5c5c4sc4cc6ccccc6cc45)c4ccccc34)c3ccccc23)cc1. The lowest BCUT2D eigenvalue weighted by molar-refractivity contribution is 1.66. The Morgan fingerprint density at radius 2 is 0.796 bits per heavy atom. The van der Waals surface area contributed by atoms with E-state index in [9.17, 15) is 0 Å². The minimum absolute atomic E-state index is 1.24. The van der Waals surface area contributed by atoms with Gasteiger partial charge in [-0.05, 0) is 95.2 Å². The minimum atomic E-state index is 1.24. The fraction of sp³-hybridized carbons (Fsp3) is 0. The maximum Gasteiger partial charge on any atom is 0.0449 e. The molecular formula is C52H30S2. The maximum atomic E-state index is 2.49. The van der Waals surface area contributed by atoms with E-state index >= 15 is 0 Å². The molecule has 0 spiro atoms. The van der Waals surface area contributed by atoms with Gasteiger partial charge >= 0.3 is 0 Å². The third-order valence-electron chi connectivity index (χ3n) is 11.4. The molecule has 0 saturated carbocycles. The van der Waals surface area contributed by atoms with Crippen molar-refractivity contribution in [2.24, 2.45) is 0 Å². The van der Waals surface area contributed by atoms with Gasteiger partial charge in [0.2, 0.25) is 0 Å². The smallest absolute Gasteiger partial charge is 0.0449 e. The first-order valence-corrected chi connectivity index (χ1v) is 20.1. The van der Waals surface area contributed by atoms with E-state index in [1.807, 2.05) is 22.7 Å². The van der Waals surface area contributed by atoms with Gasteiger partial charge < -0.3 is 0 Å². The summed E-state index contributed by atoms with van der Waals surface area (Å²) in [6.45, 7) is 0. The van der Waals surface area contributed by atoms with Gasteiger partial charge in [0.1, 0.15) is 0 Å². The molecule has 0 unspecified atom stereocenters. The average molecular weight is 719 g/mol. The molecule has 10 aromatic carbocycles. The molecule has 0 saturated heterocycles. The Labute approximate surface area is 319 Å². The Balaban J connectivity index is 1.19. The zero-order chi connectivity index (χ0) is 35.3. The predicted molar refractivity (Wildman–Crippen MR) is 239 cm³/mol. The van der Waals surface area contributed by atoms with E-state index in [0.29, 0.717) is 0 Å². The van der Waals surface area contributed by atoms with Gasteiger partial charge in [-0.25, -0.2) is 0 Å². The van der Waals surface area contributed by atoms with Crippen LogP contribution in [-0.4, -0.2) is 0 Å². The van der Waals surface area contributed by atoms with Crippen molar-refractivity contribution in [1.82, 2.24) is 0 Å². The van der Waals surface area contributed by atoms with Crippen molar-refractivity contribution in [2.75, 3.05) is 0 Å². The molecule has 12 rings (SSSR count). The van der Waals surface area contributed by atoms with E-state index in [4.69, 9.17) is 0 Å². The summed E-state index contributed by atoms with van der Waals surface area (Å²) in [6, 6.07) is 67.7.